The molecule has 1 saturated heterocycles. The van der Waals surface area contributed by atoms with Gasteiger partial charge < -0.3 is 14.2 Å². The van der Waals surface area contributed by atoms with E-state index in [0.717, 1.165) is 43.4 Å². The third-order valence-corrected chi connectivity index (χ3v) is 4.85. The summed E-state index contributed by atoms with van der Waals surface area (Å²) >= 11 is 0. The van der Waals surface area contributed by atoms with Crippen molar-refractivity contribution >= 4 is 0 Å². The predicted octanol–water partition coefficient (Wildman–Crippen LogP) is 4.40. The average molecular weight is 355 g/mol. The smallest absolute Gasteiger partial charge is 0.161 e. The third kappa shape index (κ3) is 5.40. The van der Waals surface area contributed by atoms with Crippen LogP contribution in [-0.4, -0.2) is 44.4 Å². The Hall–Kier alpha value is -2.20. The average Bonchev–Trinajstić information content (AvgIpc) is 2.71. The van der Waals surface area contributed by atoms with E-state index in [1.807, 2.05) is 54.6 Å². The van der Waals surface area contributed by atoms with Gasteiger partial charge in [0, 0.05) is 12.6 Å². The number of rotatable bonds is 9. The molecule has 0 amide bonds. The van der Waals surface area contributed by atoms with Crippen molar-refractivity contribution in [1.82, 2.24) is 4.90 Å². The second kappa shape index (κ2) is 10.1. The third-order valence-electron chi connectivity index (χ3n) is 4.85. The lowest BCUT2D eigenvalue weighted by Gasteiger charge is -2.35. The highest BCUT2D eigenvalue weighted by Gasteiger charge is 2.23. The molecule has 4 heteroatoms. The Morgan fingerprint density at radius 3 is 2.50 bits per heavy atom. The van der Waals surface area contributed by atoms with Crippen molar-refractivity contribution in [3.8, 4) is 17.2 Å². The van der Waals surface area contributed by atoms with Gasteiger partial charge in [-0.3, -0.25) is 4.90 Å². The van der Waals surface area contributed by atoms with Crippen molar-refractivity contribution in [2.45, 2.75) is 31.7 Å². The maximum absolute atomic E-state index is 6.08. The molecule has 0 radical (unpaired) electrons. The van der Waals surface area contributed by atoms with Crippen LogP contribution in [0.1, 0.15) is 25.7 Å². The molecule has 1 aliphatic rings. The SMILES string of the molecule is COc1ccccc1OCC1CCCCN1CCCOc1ccccc1. The monoisotopic (exact) mass is 355 g/mol. The Kier molecular flexibility index (Phi) is 7.20. The first kappa shape index (κ1) is 18.6. The Labute approximate surface area is 156 Å². The van der Waals surface area contributed by atoms with Crippen LogP contribution in [0, 0.1) is 0 Å². The van der Waals surface area contributed by atoms with Crippen molar-refractivity contribution < 1.29 is 14.2 Å². The molecule has 0 spiro atoms. The van der Waals surface area contributed by atoms with Crippen LogP contribution >= 0.6 is 0 Å². The van der Waals surface area contributed by atoms with Gasteiger partial charge in [-0.15, -0.1) is 0 Å². The molecule has 1 heterocycles. The molecule has 0 aromatic heterocycles. The van der Waals surface area contributed by atoms with E-state index in [4.69, 9.17) is 14.2 Å². The van der Waals surface area contributed by atoms with Crippen molar-refractivity contribution in [3.63, 3.8) is 0 Å². The molecule has 26 heavy (non-hydrogen) atoms. The molecule has 0 saturated carbocycles. The fraction of sp³-hybridized carbons (Fsp3) is 0.455. The van der Waals surface area contributed by atoms with Gasteiger partial charge in [0.2, 0.25) is 0 Å². The molecule has 140 valence electrons. The fourth-order valence-electron chi connectivity index (χ4n) is 3.44. The second-order valence-corrected chi connectivity index (χ2v) is 6.66. The van der Waals surface area contributed by atoms with Crippen LogP contribution in [-0.2, 0) is 0 Å². The first-order valence-electron chi connectivity index (χ1n) is 9.54. The topological polar surface area (TPSA) is 30.9 Å². The van der Waals surface area contributed by atoms with Gasteiger partial charge in [-0.25, -0.2) is 0 Å². The van der Waals surface area contributed by atoms with Crippen LogP contribution < -0.4 is 14.2 Å². The number of hydrogen-bond acceptors (Lipinski definition) is 4. The van der Waals surface area contributed by atoms with Crippen molar-refractivity contribution in [3.05, 3.63) is 54.6 Å². The van der Waals surface area contributed by atoms with Crippen LogP contribution in [0.4, 0.5) is 0 Å². The van der Waals surface area contributed by atoms with Gasteiger partial charge in [0.05, 0.1) is 13.7 Å². The van der Waals surface area contributed by atoms with Gasteiger partial charge in [-0.2, -0.15) is 0 Å². The minimum Gasteiger partial charge on any atom is -0.494 e. The lowest BCUT2D eigenvalue weighted by molar-refractivity contribution is 0.0928. The highest BCUT2D eigenvalue weighted by molar-refractivity contribution is 5.39. The van der Waals surface area contributed by atoms with Crippen LogP contribution in [0.2, 0.25) is 0 Å². The molecule has 0 N–H and O–H groups in total. The molecule has 0 aliphatic carbocycles. The number of methoxy groups -OCH3 is 1. The number of likely N-dealkylation sites (tertiary alicyclic amines) is 1. The van der Waals surface area contributed by atoms with Crippen molar-refractivity contribution in [1.29, 1.82) is 0 Å². The highest BCUT2D eigenvalue weighted by atomic mass is 16.5. The first-order chi connectivity index (χ1) is 12.9. The van der Waals surface area contributed by atoms with Gasteiger partial charge in [0.25, 0.3) is 0 Å². The summed E-state index contributed by atoms with van der Waals surface area (Å²) in [6, 6.07) is 18.3. The van der Waals surface area contributed by atoms with E-state index in [-0.39, 0.29) is 0 Å². The van der Waals surface area contributed by atoms with E-state index in [2.05, 4.69) is 4.90 Å². The Balaban J connectivity index is 1.45. The molecule has 4 nitrogen and oxygen atoms in total. The van der Waals surface area contributed by atoms with E-state index >= 15 is 0 Å². The first-order valence-corrected chi connectivity index (χ1v) is 9.54. The molecular formula is C22H29NO3. The number of piperidine rings is 1. The molecule has 0 bridgehead atoms. The standard InChI is InChI=1S/C22H29NO3/c1-24-21-13-5-6-14-22(21)26-18-19-10-7-8-15-23(19)16-9-17-25-20-11-3-2-4-12-20/h2-6,11-14,19H,7-10,15-18H2,1H3. The Morgan fingerprint density at radius 2 is 1.69 bits per heavy atom. The summed E-state index contributed by atoms with van der Waals surface area (Å²) in [4.78, 5) is 2.55. The van der Waals surface area contributed by atoms with Crippen molar-refractivity contribution in [2.24, 2.45) is 0 Å². The lowest BCUT2D eigenvalue weighted by Crippen LogP contribution is -2.43. The Bertz CT molecular complexity index is 647. The summed E-state index contributed by atoms with van der Waals surface area (Å²) in [5.41, 5.74) is 0. The zero-order valence-corrected chi connectivity index (χ0v) is 15.6. The van der Waals surface area contributed by atoms with Crippen LogP contribution in [0.3, 0.4) is 0 Å². The molecule has 2 aromatic rings. The van der Waals surface area contributed by atoms with E-state index in [1.165, 1.54) is 19.3 Å². The molecule has 1 atom stereocenters. The maximum atomic E-state index is 6.08. The Morgan fingerprint density at radius 1 is 0.923 bits per heavy atom. The van der Waals surface area contributed by atoms with E-state index in [0.29, 0.717) is 12.6 Å². The lowest BCUT2D eigenvalue weighted by atomic mass is 10.0. The normalized spacial score (nSPS) is 17.7. The zero-order chi connectivity index (χ0) is 18.0. The van der Waals surface area contributed by atoms with Crippen LogP contribution in [0.5, 0.6) is 17.2 Å². The molecule has 1 fully saturated rings. The summed E-state index contributed by atoms with van der Waals surface area (Å²) in [6.07, 6.45) is 4.76. The van der Waals surface area contributed by atoms with Crippen molar-refractivity contribution in [2.75, 3.05) is 33.4 Å². The second-order valence-electron chi connectivity index (χ2n) is 6.66. The maximum Gasteiger partial charge on any atom is 0.161 e. The fourth-order valence-corrected chi connectivity index (χ4v) is 3.44. The highest BCUT2D eigenvalue weighted by Crippen LogP contribution is 2.27. The van der Waals surface area contributed by atoms with Gasteiger partial charge in [-0.05, 0) is 50.1 Å². The van der Waals surface area contributed by atoms with Gasteiger partial charge in [0.1, 0.15) is 12.4 Å². The number of ether oxygens (including phenoxy) is 3. The molecule has 1 unspecified atom stereocenters. The van der Waals surface area contributed by atoms with Gasteiger partial charge in [-0.1, -0.05) is 36.8 Å². The zero-order valence-electron chi connectivity index (χ0n) is 15.6. The predicted molar refractivity (Wildman–Crippen MR) is 104 cm³/mol. The largest absolute Gasteiger partial charge is 0.494 e. The summed E-state index contributed by atoms with van der Waals surface area (Å²) in [6.45, 7) is 3.65. The van der Waals surface area contributed by atoms with Crippen LogP contribution in [0.25, 0.3) is 0 Å². The summed E-state index contributed by atoms with van der Waals surface area (Å²) in [5.74, 6) is 2.57. The van der Waals surface area contributed by atoms with Gasteiger partial charge >= 0.3 is 0 Å². The number of hydrogen-bond donors (Lipinski definition) is 0. The van der Waals surface area contributed by atoms with E-state index in [1.54, 1.807) is 7.11 Å². The molecular weight excluding hydrogens is 326 g/mol. The quantitative estimate of drug-likeness (QED) is 0.624. The molecule has 1 aliphatic heterocycles. The minimum absolute atomic E-state index is 0.463. The summed E-state index contributed by atoms with van der Waals surface area (Å²) in [5, 5.41) is 0. The molecule has 3 rings (SSSR count). The number of nitrogens with zero attached hydrogens (tertiary/aromatic N) is 1. The summed E-state index contributed by atoms with van der Waals surface area (Å²) < 4.78 is 17.3. The van der Waals surface area contributed by atoms with Crippen LogP contribution in [0.15, 0.2) is 54.6 Å². The number of para-hydroxylation sites is 3. The van der Waals surface area contributed by atoms with E-state index in [9.17, 15) is 0 Å². The van der Waals surface area contributed by atoms with E-state index < -0.39 is 0 Å². The van der Waals surface area contributed by atoms with Gasteiger partial charge in [0.15, 0.2) is 11.5 Å². The number of benzene rings is 2. The minimum atomic E-state index is 0.463. The molecule has 2 aromatic carbocycles. The summed E-state index contributed by atoms with van der Waals surface area (Å²) in [7, 11) is 1.68.